The third-order valence-corrected chi connectivity index (χ3v) is 4.16. The van der Waals surface area contributed by atoms with Gasteiger partial charge in [0.2, 0.25) is 5.91 Å². The molecule has 1 heterocycles. The minimum Gasteiger partial charge on any atom is -0.368 e. The zero-order chi connectivity index (χ0) is 12.4. The van der Waals surface area contributed by atoms with Gasteiger partial charge in [-0.2, -0.15) is 0 Å². The van der Waals surface area contributed by atoms with Crippen molar-refractivity contribution < 1.29 is 4.79 Å². The van der Waals surface area contributed by atoms with E-state index in [1.807, 2.05) is 0 Å². The summed E-state index contributed by atoms with van der Waals surface area (Å²) >= 11 is 0. The molecule has 4 nitrogen and oxygen atoms in total. The van der Waals surface area contributed by atoms with Crippen molar-refractivity contribution in [1.82, 2.24) is 10.2 Å². The van der Waals surface area contributed by atoms with Crippen molar-refractivity contribution in [2.45, 2.75) is 45.2 Å². The number of nitrogens with zero attached hydrogens (tertiary/aromatic N) is 1. The largest absolute Gasteiger partial charge is 0.368 e. The summed E-state index contributed by atoms with van der Waals surface area (Å²) in [6, 6.07) is 0.414. The van der Waals surface area contributed by atoms with Gasteiger partial charge in [0, 0.05) is 25.7 Å². The fourth-order valence-corrected chi connectivity index (χ4v) is 2.59. The Hall–Kier alpha value is -0.610. The first-order chi connectivity index (χ1) is 8.06. The highest BCUT2D eigenvalue weighted by atomic mass is 16.1. The Morgan fingerprint density at radius 1 is 1.35 bits per heavy atom. The molecule has 0 bridgehead atoms. The van der Waals surface area contributed by atoms with Crippen molar-refractivity contribution in [2.75, 3.05) is 19.6 Å². The van der Waals surface area contributed by atoms with Crippen LogP contribution in [-0.2, 0) is 4.79 Å². The Morgan fingerprint density at radius 2 is 1.94 bits per heavy atom. The third kappa shape index (κ3) is 3.68. The normalized spacial score (nSPS) is 31.6. The number of amides is 1. The van der Waals surface area contributed by atoms with Gasteiger partial charge in [-0.05, 0) is 31.1 Å². The zero-order valence-electron chi connectivity index (χ0n) is 11.0. The van der Waals surface area contributed by atoms with Gasteiger partial charge in [0.05, 0.1) is 6.04 Å². The van der Waals surface area contributed by atoms with Crippen LogP contribution in [0.4, 0.5) is 0 Å². The summed E-state index contributed by atoms with van der Waals surface area (Å²) in [6.07, 6.45) is 3.24. The summed E-state index contributed by atoms with van der Waals surface area (Å²) in [5.41, 5.74) is 5.43. The first kappa shape index (κ1) is 12.8. The van der Waals surface area contributed by atoms with E-state index >= 15 is 0 Å². The molecule has 1 aliphatic heterocycles. The van der Waals surface area contributed by atoms with Gasteiger partial charge in [0.1, 0.15) is 0 Å². The van der Waals surface area contributed by atoms with Crippen LogP contribution in [0.25, 0.3) is 0 Å². The fourth-order valence-electron chi connectivity index (χ4n) is 2.59. The van der Waals surface area contributed by atoms with Crippen molar-refractivity contribution in [3.8, 4) is 0 Å². The molecule has 2 aliphatic rings. The molecule has 4 heteroatoms. The number of hydrogen-bond donors (Lipinski definition) is 2. The topological polar surface area (TPSA) is 58.4 Å². The second kappa shape index (κ2) is 5.36. The van der Waals surface area contributed by atoms with Crippen molar-refractivity contribution in [1.29, 1.82) is 0 Å². The van der Waals surface area contributed by atoms with Crippen molar-refractivity contribution in [3.05, 3.63) is 0 Å². The third-order valence-electron chi connectivity index (χ3n) is 4.16. The van der Waals surface area contributed by atoms with Crippen LogP contribution in [0, 0.1) is 11.8 Å². The van der Waals surface area contributed by atoms with Crippen molar-refractivity contribution in [2.24, 2.45) is 17.6 Å². The van der Waals surface area contributed by atoms with E-state index in [0.717, 1.165) is 37.9 Å². The van der Waals surface area contributed by atoms with Crippen molar-refractivity contribution in [3.63, 3.8) is 0 Å². The van der Waals surface area contributed by atoms with Crippen LogP contribution in [-0.4, -0.2) is 42.5 Å². The molecule has 0 aromatic heterocycles. The van der Waals surface area contributed by atoms with Gasteiger partial charge in [0.25, 0.3) is 0 Å². The van der Waals surface area contributed by atoms with Crippen LogP contribution in [0.3, 0.4) is 0 Å². The van der Waals surface area contributed by atoms with E-state index in [-0.39, 0.29) is 11.9 Å². The minimum atomic E-state index is -0.197. The number of nitrogens with one attached hydrogen (secondary N) is 1. The standard InChI is InChI=1S/C13H25N3O/c1-9-7-16(8-10(9)2)6-5-12(13(14)17)15-11-3-4-11/h9-12,15H,3-8H2,1-2H3,(H2,14,17). The molecule has 2 fully saturated rings. The lowest BCUT2D eigenvalue weighted by molar-refractivity contribution is -0.120. The highest BCUT2D eigenvalue weighted by molar-refractivity contribution is 5.79. The first-order valence-corrected chi connectivity index (χ1v) is 6.84. The van der Waals surface area contributed by atoms with Crippen LogP contribution in [0.15, 0.2) is 0 Å². The molecule has 0 spiro atoms. The van der Waals surface area contributed by atoms with E-state index in [0.29, 0.717) is 6.04 Å². The molecule has 0 radical (unpaired) electrons. The maximum atomic E-state index is 11.3. The quantitative estimate of drug-likeness (QED) is 0.712. The Labute approximate surface area is 104 Å². The second-order valence-corrected chi connectivity index (χ2v) is 5.90. The van der Waals surface area contributed by atoms with Crippen LogP contribution in [0.5, 0.6) is 0 Å². The molecule has 1 saturated carbocycles. The van der Waals surface area contributed by atoms with Gasteiger partial charge in [0.15, 0.2) is 0 Å². The minimum absolute atomic E-state index is 0.131. The molecule has 1 saturated heterocycles. The molecule has 98 valence electrons. The van der Waals surface area contributed by atoms with E-state index in [2.05, 4.69) is 24.1 Å². The van der Waals surface area contributed by atoms with Crippen LogP contribution in [0.2, 0.25) is 0 Å². The molecular weight excluding hydrogens is 214 g/mol. The summed E-state index contributed by atoms with van der Waals surface area (Å²) in [7, 11) is 0. The number of rotatable bonds is 6. The second-order valence-electron chi connectivity index (χ2n) is 5.90. The number of primary amides is 1. The maximum absolute atomic E-state index is 11.3. The fraction of sp³-hybridized carbons (Fsp3) is 0.923. The van der Waals surface area contributed by atoms with Crippen molar-refractivity contribution >= 4 is 5.91 Å². The summed E-state index contributed by atoms with van der Waals surface area (Å²) in [5, 5.41) is 3.34. The SMILES string of the molecule is CC1CN(CCC(NC2CC2)C(N)=O)CC1C. The number of likely N-dealkylation sites (tertiary alicyclic amines) is 1. The predicted octanol–water partition coefficient (Wildman–Crippen LogP) is 0.570. The lowest BCUT2D eigenvalue weighted by Gasteiger charge is -2.20. The van der Waals surface area contributed by atoms with Crippen LogP contribution >= 0.6 is 0 Å². The molecule has 1 aliphatic carbocycles. The van der Waals surface area contributed by atoms with Gasteiger partial charge in [-0.15, -0.1) is 0 Å². The Balaban J connectivity index is 1.73. The Morgan fingerprint density at radius 3 is 2.41 bits per heavy atom. The molecule has 3 unspecified atom stereocenters. The van der Waals surface area contributed by atoms with Gasteiger partial charge in [-0.1, -0.05) is 13.8 Å². The lowest BCUT2D eigenvalue weighted by Crippen LogP contribution is -2.44. The molecule has 0 aromatic carbocycles. The number of carbonyl (C=O) groups excluding carboxylic acids is 1. The monoisotopic (exact) mass is 239 g/mol. The number of hydrogen-bond acceptors (Lipinski definition) is 3. The Kier molecular flexibility index (Phi) is 4.05. The van der Waals surface area contributed by atoms with E-state index < -0.39 is 0 Å². The lowest BCUT2D eigenvalue weighted by atomic mass is 10.0. The summed E-state index contributed by atoms with van der Waals surface area (Å²) in [4.78, 5) is 13.8. The highest BCUT2D eigenvalue weighted by Gasteiger charge is 2.29. The van der Waals surface area contributed by atoms with E-state index in [1.165, 1.54) is 12.8 Å². The van der Waals surface area contributed by atoms with E-state index in [1.54, 1.807) is 0 Å². The average Bonchev–Trinajstić information content (AvgIpc) is 3.01. The molecule has 0 aromatic rings. The van der Waals surface area contributed by atoms with Gasteiger partial charge < -0.3 is 16.0 Å². The molecule has 1 amide bonds. The number of carbonyl (C=O) groups is 1. The van der Waals surface area contributed by atoms with Crippen LogP contribution < -0.4 is 11.1 Å². The highest BCUT2D eigenvalue weighted by Crippen LogP contribution is 2.23. The van der Waals surface area contributed by atoms with Gasteiger partial charge in [-0.25, -0.2) is 0 Å². The molecule has 3 N–H and O–H groups in total. The van der Waals surface area contributed by atoms with Gasteiger partial charge >= 0.3 is 0 Å². The summed E-state index contributed by atoms with van der Waals surface area (Å²) in [6.45, 7) is 7.92. The molecule has 17 heavy (non-hydrogen) atoms. The summed E-state index contributed by atoms with van der Waals surface area (Å²) in [5.74, 6) is 1.36. The zero-order valence-corrected chi connectivity index (χ0v) is 11.0. The molecule has 2 rings (SSSR count). The number of nitrogens with two attached hydrogens (primary N) is 1. The van der Waals surface area contributed by atoms with E-state index in [4.69, 9.17) is 5.73 Å². The average molecular weight is 239 g/mol. The smallest absolute Gasteiger partial charge is 0.234 e. The molecule has 3 atom stereocenters. The van der Waals surface area contributed by atoms with Crippen LogP contribution in [0.1, 0.15) is 33.1 Å². The maximum Gasteiger partial charge on any atom is 0.234 e. The van der Waals surface area contributed by atoms with E-state index in [9.17, 15) is 4.79 Å². The summed E-state index contributed by atoms with van der Waals surface area (Å²) < 4.78 is 0. The molecular formula is C13H25N3O. The van der Waals surface area contributed by atoms with Gasteiger partial charge in [-0.3, -0.25) is 4.79 Å². The Bertz CT molecular complexity index is 268. The first-order valence-electron chi connectivity index (χ1n) is 6.84. The predicted molar refractivity (Wildman–Crippen MR) is 68.5 cm³/mol.